The van der Waals surface area contributed by atoms with E-state index in [1.807, 2.05) is 7.05 Å². The Bertz CT molecular complexity index is 522. The van der Waals surface area contributed by atoms with Crippen LogP contribution < -0.4 is 16.5 Å². The van der Waals surface area contributed by atoms with Crippen LogP contribution >= 0.6 is 0 Å². The van der Waals surface area contributed by atoms with E-state index >= 15 is 0 Å². The summed E-state index contributed by atoms with van der Waals surface area (Å²) in [5.74, 6) is 0.593. The molecule has 0 fully saturated rings. The van der Waals surface area contributed by atoms with Gasteiger partial charge < -0.3 is 15.6 Å². The third-order valence-corrected chi connectivity index (χ3v) is 3.14. The lowest BCUT2D eigenvalue weighted by Crippen LogP contribution is -2.25. The molecule has 104 valence electrons. The molecule has 5 heteroatoms. The van der Waals surface area contributed by atoms with Gasteiger partial charge in [-0.1, -0.05) is 26.2 Å². The van der Waals surface area contributed by atoms with Crippen molar-refractivity contribution in [3.8, 4) is 6.07 Å². The van der Waals surface area contributed by atoms with Gasteiger partial charge in [-0.3, -0.25) is 4.99 Å². The Morgan fingerprint density at radius 3 is 2.74 bits per heavy atom. The standard InChI is InChI=1S/C14H23N5/c1-4-5-6-7-8-18-14-11(10-15)12(17-2)9-13(16)19(14)3/h9,17H,4-8,16H2,1-3H3. The summed E-state index contributed by atoms with van der Waals surface area (Å²) in [7, 11) is 3.61. The maximum atomic E-state index is 9.28. The van der Waals surface area contributed by atoms with E-state index in [0.717, 1.165) is 18.7 Å². The molecule has 3 N–H and O–H groups in total. The van der Waals surface area contributed by atoms with Crippen LogP contribution in [-0.4, -0.2) is 18.2 Å². The van der Waals surface area contributed by atoms with E-state index in [9.17, 15) is 5.26 Å². The van der Waals surface area contributed by atoms with E-state index in [1.54, 1.807) is 17.7 Å². The highest BCUT2D eigenvalue weighted by Crippen LogP contribution is 2.13. The van der Waals surface area contributed by atoms with Crippen molar-refractivity contribution < 1.29 is 0 Å². The van der Waals surface area contributed by atoms with Gasteiger partial charge in [0.15, 0.2) is 0 Å². The molecule has 1 rings (SSSR count). The van der Waals surface area contributed by atoms with Crippen LogP contribution in [0.4, 0.5) is 11.5 Å². The number of rotatable bonds is 6. The maximum Gasteiger partial charge on any atom is 0.149 e. The van der Waals surface area contributed by atoms with Crippen molar-refractivity contribution in [3.63, 3.8) is 0 Å². The molecule has 0 aliphatic carbocycles. The van der Waals surface area contributed by atoms with Gasteiger partial charge >= 0.3 is 0 Å². The van der Waals surface area contributed by atoms with Crippen molar-refractivity contribution in [1.29, 1.82) is 5.26 Å². The van der Waals surface area contributed by atoms with Crippen LogP contribution in [0.3, 0.4) is 0 Å². The molecule has 1 aromatic heterocycles. The van der Waals surface area contributed by atoms with E-state index in [1.165, 1.54) is 19.3 Å². The van der Waals surface area contributed by atoms with E-state index in [2.05, 4.69) is 23.3 Å². The van der Waals surface area contributed by atoms with Gasteiger partial charge in [0.2, 0.25) is 0 Å². The van der Waals surface area contributed by atoms with Crippen LogP contribution in [0.25, 0.3) is 0 Å². The maximum absolute atomic E-state index is 9.28. The van der Waals surface area contributed by atoms with E-state index in [-0.39, 0.29) is 0 Å². The number of nitrogens with one attached hydrogen (secondary N) is 1. The molecule has 0 aliphatic rings. The van der Waals surface area contributed by atoms with E-state index in [0.29, 0.717) is 16.9 Å². The van der Waals surface area contributed by atoms with Gasteiger partial charge in [0.25, 0.3) is 0 Å². The van der Waals surface area contributed by atoms with Crippen molar-refractivity contribution in [2.24, 2.45) is 12.0 Å². The Labute approximate surface area is 114 Å². The van der Waals surface area contributed by atoms with Gasteiger partial charge in [-0.25, -0.2) is 0 Å². The molecule has 0 saturated carbocycles. The first-order valence-electron chi connectivity index (χ1n) is 6.73. The molecule has 0 aliphatic heterocycles. The number of hydrogen-bond acceptors (Lipinski definition) is 4. The largest absolute Gasteiger partial charge is 0.387 e. The number of nitriles is 1. The molecular formula is C14H23N5. The highest BCUT2D eigenvalue weighted by Gasteiger charge is 2.08. The van der Waals surface area contributed by atoms with Crippen LogP contribution in [0.15, 0.2) is 11.1 Å². The summed E-state index contributed by atoms with van der Waals surface area (Å²) in [6.07, 6.45) is 4.65. The predicted octanol–water partition coefficient (Wildman–Crippen LogP) is 2.00. The Hall–Kier alpha value is -1.96. The van der Waals surface area contributed by atoms with Crippen LogP contribution in [0.1, 0.15) is 38.2 Å². The molecule has 0 unspecified atom stereocenters. The minimum Gasteiger partial charge on any atom is -0.387 e. The second-order valence-electron chi connectivity index (χ2n) is 4.54. The highest BCUT2D eigenvalue weighted by atomic mass is 15.1. The molecule has 0 saturated heterocycles. The molecule has 0 spiro atoms. The lowest BCUT2D eigenvalue weighted by atomic mass is 10.2. The molecule has 0 radical (unpaired) electrons. The zero-order valence-corrected chi connectivity index (χ0v) is 12.0. The van der Waals surface area contributed by atoms with Crippen LogP contribution in [-0.2, 0) is 7.05 Å². The molecule has 0 amide bonds. The van der Waals surface area contributed by atoms with Crippen molar-refractivity contribution in [2.75, 3.05) is 24.6 Å². The summed E-state index contributed by atoms with van der Waals surface area (Å²) >= 11 is 0. The normalized spacial score (nSPS) is 11.4. The van der Waals surface area contributed by atoms with Gasteiger partial charge in [0.05, 0.1) is 5.69 Å². The smallest absolute Gasteiger partial charge is 0.149 e. The number of nitrogens with zero attached hydrogens (tertiary/aromatic N) is 3. The van der Waals surface area contributed by atoms with Crippen molar-refractivity contribution in [1.82, 2.24) is 4.57 Å². The first kappa shape index (κ1) is 15.1. The summed E-state index contributed by atoms with van der Waals surface area (Å²) in [6, 6.07) is 3.96. The lowest BCUT2D eigenvalue weighted by Gasteiger charge is -2.11. The highest BCUT2D eigenvalue weighted by molar-refractivity contribution is 5.60. The zero-order chi connectivity index (χ0) is 14.3. The summed E-state index contributed by atoms with van der Waals surface area (Å²) in [4.78, 5) is 4.54. The van der Waals surface area contributed by atoms with Gasteiger partial charge in [0, 0.05) is 26.7 Å². The molecule has 19 heavy (non-hydrogen) atoms. The molecule has 5 nitrogen and oxygen atoms in total. The number of pyridine rings is 1. The second-order valence-corrected chi connectivity index (χ2v) is 4.54. The summed E-state index contributed by atoms with van der Waals surface area (Å²) in [5.41, 5.74) is 7.86. The first-order chi connectivity index (χ1) is 9.15. The van der Waals surface area contributed by atoms with Crippen molar-refractivity contribution in [2.45, 2.75) is 32.6 Å². The number of unbranched alkanes of at least 4 members (excludes halogenated alkanes) is 3. The molecule has 1 aromatic rings. The van der Waals surface area contributed by atoms with Gasteiger partial charge in [-0.2, -0.15) is 5.26 Å². The van der Waals surface area contributed by atoms with Gasteiger partial charge in [-0.15, -0.1) is 0 Å². The second kappa shape index (κ2) is 7.47. The van der Waals surface area contributed by atoms with E-state index < -0.39 is 0 Å². The van der Waals surface area contributed by atoms with Gasteiger partial charge in [-0.05, 0) is 6.42 Å². The fourth-order valence-corrected chi connectivity index (χ4v) is 1.94. The molecule has 0 atom stereocenters. The summed E-state index contributed by atoms with van der Waals surface area (Å²) < 4.78 is 1.76. The quantitative estimate of drug-likeness (QED) is 0.769. The van der Waals surface area contributed by atoms with Crippen LogP contribution in [0.2, 0.25) is 0 Å². The van der Waals surface area contributed by atoms with Crippen molar-refractivity contribution >= 4 is 11.5 Å². The van der Waals surface area contributed by atoms with Crippen LogP contribution in [0.5, 0.6) is 0 Å². The summed E-state index contributed by atoms with van der Waals surface area (Å²) in [6.45, 7) is 2.91. The number of nitrogen functional groups attached to an aromatic ring is 1. The fraction of sp³-hybridized carbons (Fsp3) is 0.571. The van der Waals surface area contributed by atoms with Gasteiger partial charge in [0.1, 0.15) is 22.9 Å². The molecular weight excluding hydrogens is 238 g/mol. The average Bonchev–Trinajstić information content (AvgIpc) is 2.42. The third kappa shape index (κ3) is 3.75. The van der Waals surface area contributed by atoms with Crippen molar-refractivity contribution in [3.05, 3.63) is 17.1 Å². The minimum absolute atomic E-state index is 0.551. The fourth-order valence-electron chi connectivity index (χ4n) is 1.94. The number of nitrogens with two attached hydrogens (primary N) is 1. The molecule has 0 aromatic carbocycles. The third-order valence-electron chi connectivity index (χ3n) is 3.14. The number of anilines is 2. The Morgan fingerprint density at radius 2 is 2.16 bits per heavy atom. The number of hydrogen-bond donors (Lipinski definition) is 2. The molecule has 0 bridgehead atoms. The SMILES string of the molecule is CCCCCCN=c1c(C#N)c(NC)cc(N)n1C. The average molecular weight is 261 g/mol. The first-order valence-corrected chi connectivity index (χ1v) is 6.73. The monoisotopic (exact) mass is 261 g/mol. The minimum atomic E-state index is 0.551. The Balaban J connectivity index is 3.07. The zero-order valence-electron chi connectivity index (χ0n) is 12.0. The van der Waals surface area contributed by atoms with Crippen LogP contribution in [0, 0.1) is 11.3 Å². The number of aromatic nitrogens is 1. The predicted molar refractivity (Wildman–Crippen MR) is 78.7 cm³/mol. The topological polar surface area (TPSA) is 79.1 Å². The molecule has 1 heterocycles. The van der Waals surface area contributed by atoms with E-state index in [4.69, 9.17) is 5.73 Å². The Kier molecular flexibility index (Phi) is 5.94. The summed E-state index contributed by atoms with van der Waals surface area (Å²) in [5, 5.41) is 12.3. The lowest BCUT2D eigenvalue weighted by molar-refractivity contribution is 0.663. The Morgan fingerprint density at radius 1 is 1.42 bits per heavy atom.